The van der Waals surface area contributed by atoms with Crippen molar-refractivity contribution in [3.8, 4) is 57.5 Å². The molecule has 0 bridgehead atoms. The highest BCUT2D eigenvalue weighted by Gasteiger charge is 2.20. The second-order valence-electron chi connectivity index (χ2n) is 27.5. The maximum atomic E-state index is 13.3. The fraction of sp³-hybridized carbons (Fsp3) is 0.0388. The maximum absolute atomic E-state index is 13.3. The van der Waals surface area contributed by atoms with Crippen LogP contribution in [-0.2, 0) is 0 Å². The second-order valence-corrected chi connectivity index (χ2v) is 27.5. The largest absolute Gasteiger partial charge is 0.497 e. The minimum Gasteiger partial charge on any atom is -0.497 e. The predicted octanol–water partition coefficient (Wildman–Crippen LogP) is 22.3. The van der Waals surface area contributed by atoms with E-state index in [-0.39, 0.29) is 52.0 Å². The zero-order chi connectivity index (χ0) is 82.2. The summed E-state index contributed by atoms with van der Waals surface area (Å²) in [6.07, 6.45) is 0. The van der Waals surface area contributed by atoms with Gasteiger partial charge in [0.15, 0.2) is 52.0 Å². The van der Waals surface area contributed by atoms with Crippen LogP contribution in [0.5, 0.6) is 57.5 Å². The van der Waals surface area contributed by atoms with Gasteiger partial charge in [-0.05, 0) is 257 Å². The normalized spacial score (nSPS) is 10.7. The van der Waals surface area contributed by atoms with Crippen LogP contribution in [0.4, 0.5) is 0 Å². The lowest BCUT2D eigenvalue weighted by molar-refractivity contribution is 0.102. The fourth-order valence-corrected chi connectivity index (χ4v) is 12.7. The van der Waals surface area contributed by atoms with Gasteiger partial charge in [0.25, 0.3) is 0 Å². The number of carbonyl (C=O) groups excluding carboxylic acids is 9. The average molecular weight is 1550 g/mol. The third-order valence-corrected chi connectivity index (χ3v) is 19.4. The molecule has 0 spiro atoms. The van der Waals surface area contributed by atoms with Gasteiger partial charge in [0, 0.05) is 100 Å². The van der Waals surface area contributed by atoms with Crippen LogP contribution in [-0.4, -0.2) is 66.3 Å². The van der Waals surface area contributed by atoms with Crippen molar-refractivity contribution in [1.29, 1.82) is 0 Å². The monoisotopic (exact) mass is 1550 g/mol. The van der Waals surface area contributed by atoms with Crippen LogP contribution in [0.3, 0.4) is 0 Å². The molecule has 15 heteroatoms. The van der Waals surface area contributed by atoms with E-state index < -0.39 is 0 Å². The Hall–Kier alpha value is -15.9. The van der Waals surface area contributed by atoms with E-state index in [0.717, 1.165) is 11.1 Å². The molecular weight excluding hydrogens is 1480 g/mol. The summed E-state index contributed by atoms with van der Waals surface area (Å²) < 4.78 is 34.2. The fourth-order valence-electron chi connectivity index (χ4n) is 12.7. The zero-order valence-electron chi connectivity index (χ0n) is 64.3. The molecule has 574 valence electrons. The highest BCUT2D eigenvalue weighted by atomic mass is 16.5. The standard InChI is InChI=1S/C55H38O8.C48H34O7/c1-35-3-5-36(6-4-35)51(56)37-7-9-38(10-8-37)52(57)42-17-27-47(28-18-42)62-48-29-19-43(20-30-48)53(58)39-11-13-40(14-12-39)54(59)44-21-31-49(32-22-44)63-50-33-23-45(24-34-50)55(60)41-15-25-46(61-2)26-16-41;1-31-3-5-32(6-4-31)45(49)33-7-9-34(10-8-33)46(50)36-13-23-41(24-14-36)54-43-27-17-38(18-28-43)48(52)39-19-29-44(30-20-39)55-42-25-15-37(16-26-42)47(51)35-11-21-40(53-2)22-12-35/h3-34H,1-2H3;3-30H,1-2H3. The van der Waals surface area contributed by atoms with Gasteiger partial charge < -0.3 is 28.4 Å². The molecular formula is C103H72O15. The molecule has 15 aromatic rings. The van der Waals surface area contributed by atoms with Crippen molar-refractivity contribution in [1.82, 2.24) is 0 Å². The Labute approximate surface area is 680 Å². The Morgan fingerprint density at radius 3 is 0.322 bits per heavy atom. The van der Waals surface area contributed by atoms with E-state index >= 15 is 0 Å². The van der Waals surface area contributed by atoms with E-state index in [9.17, 15) is 43.2 Å². The first kappa shape index (κ1) is 78.8. The van der Waals surface area contributed by atoms with Gasteiger partial charge in [-0.25, -0.2) is 0 Å². The van der Waals surface area contributed by atoms with Crippen molar-refractivity contribution in [3.63, 3.8) is 0 Å². The van der Waals surface area contributed by atoms with Crippen molar-refractivity contribution in [2.75, 3.05) is 14.2 Å². The van der Waals surface area contributed by atoms with Gasteiger partial charge in [-0.1, -0.05) is 132 Å². The second kappa shape index (κ2) is 36.3. The Morgan fingerprint density at radius 1 is 0.136 bits per heavy atom. The Kier molecular flexibility index (Phi) is 24.2. The molecule has 0 heterocycles. The molecule has 0 atom stereocenters. The van der Waals surface area contributed by atoms with E-state index in [4.69, 9.17) is 28.4 Å². The molecule has 0 radical (unpaired) electrons. The Balaban J connectivity index is 0.000000196. The molecule has 0 saturated heterocycles. The maximum Gasteiger partial charge on any atom is 0.193 e. The first-order chi connectivity index (χ1) is 57.3. The molecule has 0 N–H and O–H groups in total. The number of hydrogen-bond donors (Lipinski definition) is 0. The van der Waals surface area contributed by atoms with Crippen molar-refractivity contribution in [2.24, 2.45) is 0 Å². The number of methoxy groups -OCH3 is 2. The molecule has 0 aliphatic rings. The van der Waals surface area contributed by atoms with Crippen LogP contribution < -0.4 is 28.4 Å². The minimum absolute atomic E-state index is 0.0975. The molecule has 0 aliphatic heterocycles. The number of hydrogen-bond acceptors (Lipinski definition) is 15. The summed E-state index contributed by atoms with van der Waals surface area (Å²) in [5.74, 6) is 4.25. The quantitative estimate of drug-likeness (QED) is 0.0418. The summed E-state index contributed by atoms with van der Waals surface area (Å²) in [6.45, 7) is 3.93. The van der Waals surface area contributed by atoms with Crippen molar-refractivity contribution < 1.29 is 71.6 Å². The highest BCUT2D eigenvalue weighted by Crippen LogP contribution is 2.31. The van der Waals surface area contributed by atoms with Crippen molar-refractivity contribution in [2.45, 2.75) is 13.8 Å². The summed E-state index contributed by atoms with van der Waals surface area (Å²) in [4.78, 5) is 117. The highest BCUT2D eigenvalue weighted by molar-refractivity contribution is 6.15. The van der Waals surface area contributed by atoms with Gasteiger partial charge in [0.2, 0.25) is 0 Å². The van der Waals surface area contributed by atoms with E-state index in [1.807, 2.05) is 38.1 Å². The van der Waals surface area contributed by atoms with Crippen molar-refractivity contribution >= 4 is 52.0 Å². The summed E-state index contributed by atoms with van der Waals surface area (Å²) in [5, 5.41) is 0. The van der Waals surface area contributed by atoms with Crippen LogP contribution in [0.2, 0.25) is 0 Å². The van der Waals surface area contributed by atoms with Crippen molar-refractivity contribution in [3.05, 3.63) is 475 Å². The number of aryl methyl sites for hydroxylation is 2. The summed E-state index contributed by atoms with van der Waals surface area (Å²) in [7, 11) is 3.15. The van der Waals surface area contributed by atoms with Crippen LogP contribution in [0.15, 0.2) is 364 Å². The van der Waals surface area contributed by atoms with E-state index in [2.05, 4.69) is 0 Å². The topological polar surface area (TPSA) is 209 Å². The summed E-state index contributed by atoms with van der Waals surface area (Å²) >= 11 is 0. The molecule has 15 aromatic carbocycles. The van der Waals surface area contributed by atoms with Crippen LogP contribution in [0.25, 0.3) is 0 Å². The average Bonchev–Trinajstić information content (AvgIpc) is 0.830. The first-order valence-corrected chi connectivity index (χ1v) is 37.5. The SMILES string of the molecule is COc1ccc(C(=O)c2ccc(Oc3ccc(C(=O)c4ccc(C(=O)c5ccc(Oc6ccc(C(=O)c7ccc(C(=O)c8ccc(C)cc8)cc7)cc6)cc5)cc4)cc3)cc2)cc1.COc1ccc(C(=O)c2ccc(Oc3ccc(C(=O)c4ccc(Oc5ccc(C(=O)c6ccc(C(=O)c7ccc(C)cc7)cc6)cc5)cc4)cc3)cc2)cc1. The smallest absolute Gasteiger partial charge is 0.193 e. The number of ether oxygens (including phenoxy) is 6. The van der Waals surface area contributed by atoms with Gasteiger partial charge in [0.05, 0.1) is 14.2 Å². The van der Waals surface area contributed by atoms with Crippen LogP contribution in [0, 0.1) is 13.8 Å². The third-order valence-electron chi connectivity index (χ3n) is 19.4. The molecule has 15 nitrogen and oxygen atoms in total. The number of ketones is 9. The molecule has 0 fully saturated rings. The van der Waals surface area contributed by atoms with Gasteiger partial charge in [-0.3, -0.25) is 43.2 Å². The lowest BCUT2D eigenvalue weighted by Crippen LogP contribution is -2.04. The summed E-state index contributed by atoms with van der Waals surface area (Å²) in [6, 6.07) is 103. The van der Waals surface area contributed by atoms with Gasteiger partial charge in [-0.2, -0.15) is 0 Å². The molecule has 0 aromatic heterocycles. The van der Waals surface area contributed by atoms with Crippen LogP contribution in [0.1, 0.15) is 154 Å². The molecule has 0 saturated carbocycles. The van der Waals surface area contributed by atoms with Gasteiger partial charge in [0.1, 0.15) is 57.5 Å². The zero-order valence-corrected chi connectivity index (χ0v) is 64.3. The molecule has 0 aliphatic carbocycles. The van der Waals surface area contributed by atoms with E-state index in [0.29, 0.717) is 158 Å². The van der Waals surface area contributed by atoms with Crippen LogP contribution >= 0.6 is 0 Å². The Bertz CT molecular complexity index is 6170. The molecule has 118 heavy (non-hydrogen) atoms. The molecule has 15 rings (SSSR count). The van der Waals surface area contributed by atoms with Gasteiger partial charge >= 0.3 is 0 Å². The number of benzene rings is 15. The summed E-state index contributed by atoms with van der Waals surface area (Å²) in [5.41, 5.74) is 11.2. The number of rotatable bonds is 28. The number of carbonyl (C=O) groups is 9. The lowest BCUT2D eigenvalue weighted by Gasteiger charge is -2.09. The Morgan fingerprint density at radius 2 is 0.220 bits per heavy atom. The molecule has 0 amide bonds. The van der Waals surface area contributed by atoms with E-state index in [1.165, 1.54) is 0 Å². The minimum atomic E-state index is -0.212. The van der Waals surface area contributed by atoms with E-state index in [1.54, 1.807) is 354 Å². The lowest BCUT2D eigenvalue weighted by atomic mass is 9.98. The predicted molar refractivity (Wildman–Crippen MR) is 450 cm³/mol. The first-order valence-electron chi connectivity index (χ1n) is 37.5. The third kappa shape index (κ3) is 19.2. The molecule has 0 unspecified atom stereocenters. The van der Waals surface area contributed by atoms with Gasteiger partial charge in [-0.15, -0.1) is 0 Å².